The fourth-order valence-electron chi connectivity index (χ4n) is 2.01. The van der Waals surface area contributed by atoms with Gasteiger partial charge in [-0.05, 0) is 32.2 Å². The Morgan fingerprint density at radius 2 is 2.38 bits per heavy atom. The average Bonchev–Trinajstić information content (AvgIpc) is 2.82. The molecule has 1 saturated carbocycles. The maximum atomic E-state index is 11.8. The summed E-state index contributed by atoms with van der Waals surface area (Å²) < 4.78 is 0. The van der Waals surface area contributed by atoms with E-state index in [9.17, 15) is 4.79 Å². The third kappa shape index (κ3) is 2.10. The number of nitrogens with zero attached hydrogens (tertiary/aromatic N) is 1. The van der Waals surface area contributed by atoms with Gasteiger partial charge in [-0.2, -0.15) is 0 Å². The normalized spacial score (nSPS) is 24.6. The molecule has 0 spiro atoms. The summed E-state index contributed by atoms with van der Waals surface area (Å²) in [5.74, 6) is 0.723. The molecule has 1 aliphatic carbocycles. The summed E-state index contributed by atoms with van der Waals surface area (Å²) in [6.07, 6.45) is 4.53. The molecule has 2 fully saturated rings. The van der Waals surface area contributed by atoms with Gasteiger partial charge in [-0.25, -0.2) is 4.98 Å². The van der Waals surface area contributed by atoms with E-state index >= 15 is 0 Å². The van der Waals surface area contributed by atoms with Gasteiger partial charge in [0.15, 0.2) is 5.13 Å². The summed E-state index contributed by atoms with van der Waals surface area (Å²) in [6, 6.07) is -0.0201. The Hall–Kier alpha value is -0.940. The molecule has 1 aliphatic heterocycles. The van der Waals surface area contributed by atoms with Gasteiger partial charge in [-0.15, -0.1) is 11.3 Å². The second kappa shape index (κ2) is 4.14. The lowest BCUT2D eigenvalue weighted by atomic mass is 10.2. The second-order valence-corrected chi connectivity index (χ2v) is 5.35. The van der Waals surface area contributed by atoms with Crippen molar-refractivity contribution in [1.82, 2.24) is 10.3 Å². The Morgan fingerprint density at radius 1 is 1.50 bits per heavy atom. The number of aromatic nitrogens is 1. The summed E-state index contributed by atoms with van der Waals surface area (Å²) in [7, 11) is 0. The van der Waals surface area contributed by atoms with E-state index in [2.05, 4.69) is 21.0 Å². The van der Waals surface area contributed by atoms with Crippen molar-refractivity contribution in [2.45, 2.75) is 37.6 Å². The zero-order valence-electron chi connectivity index (χ0n) is 9.03. The molecule has 16 heavy (non-hydrogen) atoms. The summed E-state index contributed by atoms with van der Waals surface area (Å²) in [5, 5.41) is 8.89. The van der Waals surface area contributed by atoms with Crippen molar-refractivity contribution in [3.63, 3.8) is 0 Å². The maximum absolute atomic E-state index is 11.8. The molecule has 1 aromatic rings. The van der Waals surface area contributed by atoms with Crippen LogP contribution in [-0.2, 0) is 4.79 Å². The number of carbonyl (C=O) groups excluding carboxylic acids is 1. The first-order valence-electron chi connectivity index (χ1n) is 5.82. The van der Waals surface area contributed by atoms with E-state index in [1.165, 1.54) is 24.2 Å². The van der Waals surface area contributed by atoms with Crippen LogP contribution in [0.25, 0.3) is 0 Å². The Morgan fingerprint density at radius 3 is 3.06 bits per heavy atom. The highest BCUT2D eigenvalue weighted by Crippen LogP contribution is 2.40. The molecular formula is C11H15N3OS. The summed E-state index contributed by atoms with van der Waals surface area (Å²) in [4.78, 5) is 16.2. The molecule has 2 heterocycles. The van der Waals surface area contributed by atoms with Crippen LogP contribution in [0.1, 0.15) is 37.3 Å². The van der Waals surface area contributed by atoms with Crippen LogP contribution < -0.4 is 10.6 Å². The standard InChI is InChI=1S/C11H15N3OS/c15-10(8-2-1-5-12-8)14-11-13-9(6-16-11)7-3-4-7/h6-8,12H,1-5H2,(H,13,14,15)/t8-/m1/s1. The van der Waals surface area contributed by atoms with Gasteiger partial charge in [-0.3, -0.25) is 4.79 Å². The van der Waals surface area contributed by atoms with E-state index in [-0.39, 0.29) is 11.9 Å². The van der Waals surface area contributed by atoms with Gasteiger partial charge in [0.25, 0.3) is 0 Å². The van der Waals surface area contributed by atoms with Crippen LogP contribution in [-0.4, -0.2) is 23.5 Å². The average molecular weight is 237 g/mol. The number of hydrogen-bond donors (Lipinski definition) is 2. The predicted molar refractivity (Wildman–Crippen MR) is 63.7 cm³/mol. The topological polar surface area (TPSA) is 54.0 Å². The lowest BCUT2D eigenvalue weighted by molar-refractivity contribution is -0.117. The van der Waals surface area contributed by atoms with Crippen LogP contribution in [0.3, 0.4) is 0 Å². The first-order valence-corrected chi connectivity index (χ1v) is 6.70. The highest BCUT2D eigenvalue weighted by atomic mass is 32.1. The van der Waals surface area contributed by atoms with Gasteiger partial charge < -0.3 is 10.6 Å². The molecule has 1 atom stereocenters. The van der Waals surface area contributed by atoms with Gasteiger partial charge in [0.2, 0.25) is 5.91 Å². The van der Waals surface area contributed by atoms with Gasteiger partial charge >= 0.3 is 0 Å². The van der Waals surface area contributed by atoms with Crippen LogP contribution in [0, 0.1) is 0 Å². The zero-order chi connectivity index (χ0) is 11.0. The molecule has 1 saturated heterocycles. The third-order valence-electron chi connectivity index (χ3n) is 3.12. The Kier molecular flexibility index (Phi) is 2.65. The van der Waals surface area contributed by atoms with Crippen LogP contribution in [0.5, 0.6) is 0 Å². The van der Waals surface area contributed by atoms with E-state index < -0.39 is 0 Å². The SMILES string of the molecule is O=C(Nc1nc(C2CC2)cs1)[C@H]1CCCN1. The van der Waals surface area contributed by atoms with Gasteiger partial charge in [0.05, 0.1) is 11.7 Å². The Bertz CT molecular complexity index is 394. The number of thiazole rings is 1. The van der Waals surface area contributed by atoms with Crippen molar-refractivity contribution in [3.8, 4) is 0 Å². The molecule has 86 valence electrons. The molecule has 0 unspecified atom stereocenters. The minimum absolute atomic E-state index is 0.0201. The summed E-state index contributed by atoms with van der Waals surface area (Å²) in [6.45, 7) is 0.948. The molecule has 2 aliphatic rings. The number of hydrogen-bond acceptors (Lipinski definition) is 4. The molecule has 0 aromatic carbocycles. The Balaban J connectivity index is 1.61. The molecular weight excluding hydrogens is 222 g/mol. The van der Waals surface area contributed by atoms with E-state index in [1.54, 1.807) is 0 Å². The van der Waals surface area contributed by atoms with Gasteiger partial charge in [0, 0.05) is 11.3 Å². The van der Waals surface area contributed by atoms with Crippen molar-refractivity contribution in [2.24, 2.45) is 0 Å². The van der Waals surface area contributed by atoms with E-state index in [0.717, 1.165) is 30.2 Å². The smallest absolute Gasteiger partial charge is 0.243 e. The first kappa shape index (κ1) is 10.2. The quantitative estimate of drug-likeness (QED) is 0.841. The fourth-order valence-corrected chi connectivity index (χ4v) is 2.81. The van der Waals surface area contributed by atoms with E-state index in [4.69, 9.17) is 0 Å². The fraction of sp³-hybridized carbons (Fsp3) is 0.636. The molecule has 3 rings (SSSR count). The van der Waals surface area contributed by atoms with Crippen LogP contribution in [0.4, 0.5) is 5.13 Å². The van der Waals surface area contributed by atoms with Crippen molar-refractivity contribution in [2.75, 3.05) is 11.9 Å². The molecule has 1 amide bonds. The molecule has 2 N–H and O–H groups in total. The number of anilines is 1. The molecule has 0 radical (unpaired) electrons. The molecule has 0 bridgehead atoms. The minimum Gasteiger partial charge on any atom is -0.306 e. The zero-order valence-corrected chi connectivity index (χ0v) is 9.85. The lowest BCUT2D eigenvalue weighted by Crippen LogP contribution is -2.35. The van der Waals surface area contributed by atoms with Crippen molar-refractivity contribution >= 4 is 22.4 Å². The third-order valence-corrected chi connectivity index (χ3v) is 3.90. The first-order chi connectivity index (χ1) is 7.83. The summed E-state index contributed by atoms with van der Waals surface area (Å²) in [5.41, 5.74) is 1.15. The van der Waals surface area contributed by atoms with Gasteiger partial charge in [-0.1, -0.05) is 0 Å². The Labute approximate surface area is 98.5 Å². The van der Waals surface area contributed by atoms with Crippen LogP contribution >= 0.6 is 11.3 Å². The minimum atomic E-state index is -0.0201. The van der Waals surface area contributed by atoms with Gasteiger partial charge in [0.1, 0.15) is 0 Å². The van der Waals surface area contributed by atoms with Crippen LogP contribution in [0.2, 0.25) is 0 Å². The van der Waals surface area contributed by atoms with E-state index in [1.807, 2.05) is 0 Å². The summed E-state index contributed by atoms with van der Waals surface area (Å²) >= 11 is 1.53. The molecule has 4 nitrogen and oxygen atoms in total. The largest absolute Gasteiger partial charge is 0.306 e. The number of amides is 1. The van der Waals surface area contributed by atoms with Crippen molar-refractivity contribution in [3.05, 3.63) is 11.1 Å². The number of rotatable bonds is 3. The molecule has 1 aromatic heterocycles. The monoisotopic (exact) mass is 237 g/mol. The maximum Gasteiger partial charge on any atom is 0.243 e. The lowest BCUT2D eigenvalue weighted by Gasteiger charge is -2.08. The highest BCUT2D eigenvalue weighted by Gasteiger charge is 2.27. The second-order valence-electron chi connectivity index (χ2n) is 4.49. The number of carbonyl (C=O) groups is 1. The predicted octanol–water partition coefficient (Wildman–Crippen LogP) is 1.71. The van der Waals surface area contributed by atoms with E-state index in [0.29, 0.717) is 5.92 Å². The van der Waals surface area contributed by atoms with Crippen LogP contribution in [0.15, 0.2) is 5.38 Å². The molecule has 5 heteroatoms. The number of nitrogens with one attached hydrogen (secondary N) is 2. The van der Waals surface area contributed by atoms with Crippen molar-refractivity contribution in [1.29, 1.82) is 0 Å². The highest BCUT2D eigenvalue weighted by molar-refractivity contribution is 7.13. The van der Waals surface area contributed by atoms with Crippen molar-refractivity contribution < 1.29 is 4.79 Å².